The molecular formula is C19H15NOS. The van der Waals surface area contributed by atoms with Crippen LogP contribution in [0, 0.1) is 0 Å². The maximum atomic E-state index is 12.4. The number of carbonyl (C=O) groups is 1. The van der Waals surface area contributed by atoms with Crippen molar-refractivity contribution in [2.75, 3.05) is 10.7 Å². The number of rotatable bonds is 2. The molecule has 4 rings (SSSR count). The minimum absolute atomic E-state index is 0.0426. The van der Waals surface area contributed by atoms with E-state index in [0.717, 1.165) is 5.69 Å². The van der Waals surface area contributed by atoms with Crippen LogP contribution in [-0.4, -0.2) is 11.7 Å². The normalized spacial score (nSPS) is 18.1. The van der Waals surface area contributed by atoms with Crippen LogP contribution in [0.2, 0.25) is 0 Å². The van der Waals surface area contributed by atoms with Gasteiger partial charge in [-0.15, -0.1) is 11.8 Å². The van der Waals surface area contributed by atoms with E-state index in [-0.39, 0.29) is 11.3 Å². The number of carbonyl (C=O) groups excluding carboxylic acids is 1. The van der Waals surface area contributed by atoms with Crippen molar-refractivity contribution in [1.82, 2.24) is 0 Å². The Kier molecular flexibility index (Phi) is 3.35. The third-order valence-electron chi connectivity index (χ3n) is 3.99. The lowest BCUT2D eigenvalue weighted by molar-refractivity contribution is -0.115. The van der Waals surface area contributed by atoms with Crippen LogP contribution < -0.4 is 4.90 Å². The molecule has 2 nitrogen and oxygen atoms in total. The molecule has 1 amide bonds. The molecule has 1 atom stereocenters. The monoisotopic (exact) mass is 305 g/mol. The molecular weight excluding hydrogens is 290 g/mol. The molecule has 0 unspecified atom stereocenters. The Morgan fingerprint density at radius 1 is 0.864 bits per heavy atom. The van der Waals surface area contributed by atoms with Crippen LogP contribution in [0.25, 0.3) is 10.8 Å². The highest BCUT2D eigenvalue weighted by atomic mass is 32.2. The van der Waals surface area contributed by atoms with Gasteiger partial charge in [0.2, 0.25) is 5.91 Å². The molecule has 0 bridgehead atoms. The Balaban J connectivity index is 1.85. The zero-order valence-electron chi connectivity index (χ0n) is 12.0. The lowest BCUT2D eigenvalue weighted by Gasteiger charge is -2.25. The second-order valence-corrected chi connectivity index (χ2v) is 6.40. The van der Waals surface area contributed by atoms with Gasteiger partial charge in [0, 0.05) is 5.69 Å². The average molecular weight is 305 g/mol. The van der Waals surface area contributed by atoms with Gasteiger partial charge < -0.3 is 0 Å². The van der Waals surface area contributed by atoms with Gasteiger partial charge in [-0.1, -0.05) is 60.7 Å². The molecule has 1 fully saturated rings. The summed E-state index contributed by atoms with van der Waals surface area (Å²) < 4.78 is 0. The second-order valence-electron chi connectivity index (χ2n) is 5.33. The van der Waals surface area contributed by atoms with Gasteiger partial charge in [0.1, 0.15) is 5.37 Å². The molecule has 3 aromatic rings. The average Bonchev–Trinajstić information content (AvgIpc) is 2.96. The highest BCUT2D eigenvalue weighted by Crippen LogP contribution is 2.43. The lowest BCUT2D eigenvalue weighted by atomic mass is 10.0. The van der Waals surface area contributed by atoms with Crippen LogP contribution in [0.1, 0.15) is 10.9 Å². The summed E-state index contributed by atoms with van der Waals surface area (Å²) in [6, 6.07) is 24.6. The van der Waals surface area contributed by atoms with Crippen molar-refractivity contribution in [1.29, 1.82) is 0 Å². The smallest absolute Gasteiger partial charge is 0.238 e. The highest BCUT2D eigenvalue weighted by Gasteiger charge is 2.34. The molecule has 1 aliphatic heterocycles. The third kappa shape index (κ3) is 2.18. The Bertz CT molecular complexity index is 826. The third-order valence-corrected chi connectivity index (χ3v) is 5.19. The quantitative estimate of drug-likeness (QED) is 0.688. The van der Waals surface area contributed by atoms with Crippen molar-refractivity contribution >= 4 is 34.1 Å². The fourth-order valence-corrected chi connectivity index (χ4v) is 4.20. The first-order valence-electron chi connectivity index (χ1n) is 7.31. The van der Waals surface area contributed by atoms with E-state index in [9.17, 15) is 4.79 Å². The van der Waals surface area contributed by atoms with Gasteiger partial charge in [-0.2, -0.15) is 0 Å². The number of para-hydroxylation sites is 1. The molecule has 1 aliphatic rings. The van der Waals surface area contributed by atoms with Crippen molar-refractivity contribution < 1.29 is 4.79 Å². The number of amides is 1. The summed E-state index contributed by atoms with van der Waals surface area (Å²) in [5.41, 5.74) is 2.17. The van der Waals surface area contributed by atoms with Crippen LogP contribution in [0.5, 0.6) is 0 Å². The maximum Gasteiger partial charge on any atom is 0.238 e. The predicted molar refractivity (Wildman–Crippen MR) is 93.1 cm³/mol. The van der Waals surface area contributed by atoms with Gasteiger partial charge >= 0.3 is 0 Å². The molecule has 0 spiro atoms. The second kappa shape index (κ2) is 5.50. The van der Waals surface area contributed by atoms with Crippen molar-refractivity contribution in [3.05, 3.63) is 78.4 Å². The largest absolute Gasteiger partial charge is 0.295 e. The van der Waals surface area contributed by atoms with E-state index in [2.05, 4.69) is 36.4 Å². The topological polar surface area (TPSA) is 20.3 Å². The summed E-state index contributed by atoms with van der Waals surface area (Å²) >= 11 is 1.70. The van der Waals surface area contributed by atoms with Crippen LogP contribution in [0.4, 0.5) is 5.69 Å². The van der Waals surface area contributed by atoms with Crippen molar-refractivity contribution in [3.63, 3.8) is 0 Å². The molecule has 3 heteroatoms. The van der Waals surface area contributed by atoms with Crippen LogP contribution in [-0.2, 0) is 4.79 Å². The standard InChI is InChI=1S/C19H15NOS/c21-18-13-22-19(20(18)15-9-2-1-3-10-15)17-12-6-8-14-7-4-5-11-16(14)17/h1-12,19H,13H2/t19-/m1/s1. The first kappa shape index (κ1) is 13.4. The van der Waals surface area contributed by atoms with Gasteiger partial charge in [0.05, 0.1) is 5.75 Å². The van der Waals surface area contributed by atoms with E-state index >= 15 is 0 Å². The molecule has 3 aromatic carbocycles. The fraction of sp³-hybridized carbons (Fsp3) is 0.105. The molecule has 0 aliphatic carbocycles. The molecule has 0 aromatic heterocycles. The Hall–Kier alpha value is -2.26. The summed E-state index contributed by atoms with van der Waals surface area (Å²) in [7, 11) is 0. The van der Waals surface area contributed by atoms with Crippen LogP contribution >= 0.6 is 11.8 Å². The van der Waals surface area contributed by atoms with Gasteiger partial charge in [-0.25, -0.2) is 0 Å². The number of thioether (sulfide) groups is 1. The van der Waals surface area contributed by atoms with Gasteiger partial charge in [0.25, 0.3) is 0 Å². The summed E-state index contributed by atoms with van der Waals surface area (Å²) in [6.07, 6.45) is 0. The molecule has 0 radical (unpaired) electrons. The van der Waals surface area contributed by atoms with Crippen molar-refractivity contribution in [2.45, 2.75) is 5.37 Å². The fourth-order valence-electron chi connectivity index (χ4n) is 2.99. The zero-order chi connectivity index (χ0) is 14.9. The van der Waals surface area contributed by atoms with Gasteiger partial charge in [-0.05, 0) is 28.5 Å². The van der Waals surface area contributed by atoms with E-state index in [1.807, 2.05) is 41.3 Å². The Morgan fingerprint density at radius 2 is 1.59 bits per heavy atom. The van der Waals surface area contributed by atoms with Gasteiger partial charge in [0.15, 0.2) is 0 Å². The highest BCUT2D eigenvalue weighted by molar-refractivity contribution is 8.00. The number of nitrogens with zero attached hydrogens (tertiary/aromatic N) is 1. The van der Waals surface area contributed by atoms with E-state index < -0.39 is 0 Å². The van der Waals surface area contributed by atoms with Crippen LogP contribution in [0.15, 0.2) is 72.8 Å². The van der Waals surface area contributed by atoms with Gasteiger partial charge in [-0.3, -0.25) is 9.69 Å². The van der Waals surface area contributed by atoms with E-state index in [0.29, 0.717) is 5.75 Å². The number of fused-ring (bicyclic) bond motifs is 1. The summed E-state index contributed by atoms with van der Waals surface area (Å²) in [5, 5.41) is 2.48. The SMILES string of the molecule is O=C1CS[C@H](c2cccc3ccccc23)N1c1ccccc1. The number of hydrogen-bond acceptors (Lipinski definition) is 2. The minimum atomic E-state index is 0.0426. The molecule has 0 saturated carbocycles. The number of anilines is 1. The van der Waals surface area contributed by atoms with E-state index in [1.165, 1.54) is 16.3 Å². The van der Waals surface area contributed by atoms with E-state index in [4.69, 9.17) is 0 Å². The summed E-state index contributed by atoms with van der Waals surface area (Å²) in [6.45, 7) is 0. The first-order chi connectivity index (χ1) is 10.8. The van der Waals surface area contributed by atoms with E-state index in [1.54, 1.807) is 11.8 Å². The first-order valence-corrected chi connectivity index (χ1v) is 8.36. The molecule has 1 heterocycles. The molecule has 0 N–H and O–H groups in total. The molecule has 22 heavy (non-hydrogen) atoms. The lowest BCUT2D eigenvalue weighted by Crippen LogP contribution is -2.27. The summed E-state index contributed by atoms with van der Waals surface area (Å²) in [5.74, 6) is 0.706. The molecule has 108 valence electrons. The van der Waals surface area contributed by atoms with Crippen molar-refractivity contribution in [2.24, 2.45) is 0 Å². The van der Waals surface area contributed by atoms with Crippen LogP contribution in [0.3, 0.4) is 0 Å². The maximum absolute atomic E-state index is 12.4. The van der Waals surface area contributed by atoms with Crippen molar-refractivity contribution in [3.8, 4) is 0 Å². The number of benzene rings is 3. The Labute approximate surface area is 133 Å². The Morgan fingerprint density at radius 3 is 2.45 bits per heavy atom. The predicted octanol–water partition coefficient (Wildman–Crippen LogP) is 4.62. The zero-order valence-corrected chi connectivity index (χ0v) is 12.8. The summed E-state index contributed by atoms with van der Waals surface area (Å²) in [4.78, 5) is 14.3. The minimum Gasteiger partial charge on any atom is -0.295 e. The molecule has 1 saturated heterocycles. The number of hydrogen-bond donors (Lipinski definition) is 0.